The summed E-state index contributed by atoms with van der Waals surface area (Å²) in [6, 6.07) is 4.54. The number of anilines is 1. The van der Waals surface area contributed by atoms with Crippen molar-refractivity contribution in [2.24, 2.45) is 0 Å². The number of ketones is 1. The first kappa shape index (κ1) is 14.9. The van der Waals surface area contributed by atoms with Gasteiger partial charge in [-0.05, 0) is 19.1 Å². The van der Waals surface area contributed by atoms with Crippen molar-refractivity contribution in [1.82, 2.24) is 0 Å². The molecule has 0 spiro atoms. The number of hydrogen-bond acceptors (Lipinski definition) is 4. The third-order valence-electron chi connectivity index (χ3n) is 3.71. The van der Waals surface area contributed by atoms with E-state index in [-0.39, 0.29) is 11.3 Å². The van der Waals surface area contributed by atoms with Crippen molar-refractivity contribution in [3.05, 3.63) is 29.6 Å². The number of benzene rings is 1. The minimum Gasteiger partial charge on any atom is -0.388 e. The zero-order valence-electron chi connectivity index (χ0n) is 11.9. The Morgan fingerprint density at radius 2 is 2.10 bits per heavy atom. The second-order valence-electron chi connectivity index (χ2n) is 5.38. The van der Waals surface area contributed by atoms with Gasteiger partial charge in [-0.25, -0.2) is 4.39 Å². The molecule has 0 atom stereocenters. The average molecular weight is 281 g/mol. The molecule has 1 saturated heterocycles. The van der Waals surface area contributed by atoms with Gasteiger partial charge in [0.1, 0.15) is 5.82 Å². The molecule has 0 aliphatic carbocycles. The van der Waals surface area contributed by atoms with Crippen LogP contribution in [0.4, 0.5) is 10.1 Å². The predicted molar refractivity (Wildman–Crippen MR) is 74.7 cm³/mol. The quantitative estimate of drug-likeness (QED) is 0.858. The molecule has 1 fully saturated rings. The number of ether oxygens (including phenoxy) is 1. The van der Waals surface area contributed by atoms with Gasteiger partial charge < -0.3 is 14.7 Å². The highest BCUT2D eigenvalue weighted by atomic mass is 19.1. The Bertz CT molecular complexity index is 498. The number of rotatable bonds is 4. The molecule has 1 N–H and O–H groups in total. The number of carbonyl (C=O) groups is 1. The SMILES string of the molecule is CC(=O)c1c(F)cccc1N(C)CC1(O)CCOCC1. The number of carbonyl (C=O) groups excluding carboxylic acids is 1. The number of Topliss-reactive ketones (excluding diaryl/α,β-unsaturated/α-hetero) is 1. The number of hydrogen-bond donors (Lipinski definition) is 1. The largest absolute Gasteiger partial charge is 0.388 e. The highest BCUT2D eigenvalue weighted by Crippen LogP contribution is 2.27. The Hall–Kier alpha value is -1.46. The van der Waals surface area contributed by atoms with Gasteiger partial charge in [0.2, 0.25) is 0 Å². The Kier molecular flexibility index (Phi) is 4.40. The Balaban J connectivity index is 2.23. The Morgan fingerprint density at radius 1 is 1.45 bits per heavy atom. The fourth-order valence-corrected chi connectivity index (χ4v) is 2.62. The first-order chi connectivity index (χ1) is 9.43. The van der Waals surface area contributed by atoms with Gasteiger partial charge >= 0.3 is 0 Å². The van der Waals surface area contributed by atoms with Crippen LogP contribution in [0.25, 0.3) is 0 Å². The molecule has 1 aromatic carbocycles. The standard InChI is InChI=1S/C15H20FNO3/c1-11(18)14-12(16)4-3-5-13(14)17(2)10-15(19)6-8-20-9-7-15/h3-5,19H,6-10H2,1-2H3. The summed E-state index contributed by atoms with van der Waals surface area (Å²) >= 11 is 0. The monoisotopic (exact) mass is 281 g/mol. The van der Waals surface area contributed by atoms with E-state index in [1.165, 1.54) is 13.0 Å². The van der Waals surface area contributed by atoms with Crippen LogP contribution < -0.4 is 4.90 Å². The van der Waals surface area contributed by atoms with Crippen molar-refractivity contribution in [2.45, 2.75) is 25.4 Å². The molecule has 0 bridgehead atoms. The van der Waals surface area contributed by atoms with Crippen LogP contribution in [0, 0.1) is 5.82 Å². The highest BCUT2D eigenvalue weighted by molar-refractivity contribution is 6.00. The molecule has 0 unspecified atom stereocenters. The van der Waals surface area contributed by atoms with E-state index in [0.717, 1.165) is 0 Å². The molecular formula is C15H20FNO3. The van der Waals surface area contributed by atoms with Crippen LogP contribution >= 0.6 is 0 Å². The summed E-state index contributed by atoms with van der Waals surface area (Å²) in [7, 11) is 1.76. The molecule has 0 radical (unpaired) electrons. The molecule has 0 amide bonds. The van der Waals surface area contributed by atoms with E-state index >= 15 is 0 Å². The van der Waals surface area contributed by atoms with Crippen molar-refractivity contribution in [3.8, 4) is 0 Å². The minimum atomic E-state index is -0.854. The van der Waals surface area contributed by atoms with Gasteiger partial charge in [-0.3, -0.25) is 4.79 Å². The summed E-state index contributed by atoms with van der Waals surface area (Å²) in [6.45, 7) is 2.74. The van der Waals surface area contributed by atoms with Gasteiger partial charge in [-0.1, -0.05) is 6.07 Å². The third kappa shape index (κ3) is 3.16. The second kappa shape index (κ2) is 5.89. The summed E-state index contributed by atoms with van der Waals surface area (Å²) in [4.78, 5) is 13.4. The van der Waals surface area contributed by atoms with Gasteiger partial charge in [-0.15, -0.1) is 0 Å². The molecule has 0 aromatic heterocycles. The van der Waals surface area contributed by atoms with Crippen LogP contribution in [0.1, 0.15) is 30.1 Å². The molecule has 110 valence electrons. The van der Waals surface area contributed by atoms with E-state index in [2.05, 4.69) is 0 Å². The molecule has 20 heavy (non-hydrogen) atoms. The van der Waals surface area contributed by atoms with E-state index in [4.69, 9.17) is 4.74 Å². The predicted octanol–water partition coefficient (Wildman–Crippen LogP) is 2.01. The van der Waals surface area contributed by atoms with Crippen molar-refractivity contribution < 1.29 is 19.0 Å². The normalized spacial score (nSPS) is 17.8. The maximum atomic E-state index is 13.8. The number of halogens is 1. The molecule has 1 aliphatic rings. The second-order valence-corrected chi connectivity index (χ2v) is 5.38. The highest BCUT2D eigenvalue weighted by Gasteiger charge is 2.32. The van der Waals surface area contributed by atoms with Crippen LogP contribution in [0.15, 0.2) is 18.2 Å². The van der Waals surface area contributed by atoms with Crippen LogP contribution in [-0.2, 0) is 4.74 Å². The first-order valence-corrected chi connectivity index (χ1v) is 6.74. The molecule has 1 heterocycles. The zero-order chi connectivity index (χ0) is 14.8. The van der Waals surface area contributed by atoms with E-state index in [0.29, 0.717) is 38.3 Å². The summed E-state index contributed by atoms with van der Waals surface area (Å²) < 4.78 is 19.0. The van der Waals surface area contributed by atoms with Crippen molar-refractivity contribution in [2.75, 3.05) is 31.7 Å². The lowest BCUT2D eigenvalue weighted by molar-refractivity contribution is -0.0572. The zero-order valence-corrected chi connectivity index (χ0v) is 11.9. The van der Waals surface area contributed by atoms with Crippen molar-refractivity contribution in [1.29, 1.82) is 0 Å². The molecule has 2 rings (SSSR count). The van der Waals surface area contributed by atoms with E-state index in [1.54, 1.807) is 24.1 Å². The van der Waals surface area contributed by atoms with Crippen LogP contribution in [0.3, 0.4) is 0 Å². The van der Waals surface area contributed by atoms with E-state index in [1.807, 2.05) is 0 Å². The van der Waals surface area contributed by atoms with E-state index < -0.39 is 11.4 Å². The van der Waals surface area contributed by atoms with E-state index in [9.17, 15) is 14.3 Å². The molecule has 5 heteroatoms. The smallest absolute Gasteiger partial charge is 0.164 e. The van der Waals surface area contributed by atoms with Crippen molar-refractivity contribution in [3.63, 3.8) is 0 Å². The summed E-state index contributed by atoms with van der Waals surface area (Å²) in [5.41, 5.74) is -0.268. The fourth-order valence-electron chi connectivity index (χ4n) is 2.62. The molecule has 1 aliphatic heterocycles. The van der Waals surface area contributed by atoms with Crippen LogP contribution in [0.2, 0.25) is 0 Å². The van der Waals surface area contributed by atoms with Crippen LogP contribution in [0.5, 0.6) is 0 Å². The third-order valence-corrected chi connectivity index (χ3v) is 3.71. The lowest BCUT2D eigenvalue weighted by atomic mass is 9.93. The minimum absolute atomic E-state index is 0.0747. The summed E-state index contributed by atoms with van der Waals surface area (Å²) in [6.07, 6.45) is 1.09. The summed E-state index contributed by atoms with van der Waals surface area (Å²) in [5, 5.41) is 10.5. The van der Waals surface area contributed by atoms with Gasteiger partial charge in [0.25, 0.3) is 0 Å². The van der Waals surface area contributed by atoms with Gasteiger partial charge in [0.15, 0.2) is 5.78 Å². The number of aliphatic hydroxyl groups is 1. The Labute approximate surface area is 118 Å². The number of nitrogens with zero attached hydrogens (tertiary/aromatic N) is 1. The molecule has 1 aromatic rings. The Morgan fingerprint density at radius 3 is 2.70 bits per heavy atom. The topological polar surface area (TPSA) is 49.8 Å². The molecular weight excluding hydrogens is 261 g/mol. The average Bonchev–Trinajstić information content (AvgIpc) is 2.38. The van der Waals surface area contributed by atoms with Gasteiger partial charge in [0, 0.05) is 39.6 Å². The van der Waals surface area contributed by atoms with Crippen molar-refractivity contribution >= 4 is 11.5 Å². The molecule has 0 saturated carbocycles. The fraction of sp³-hybridized carbons (Fsp3) is 0.533. The van der Waals surface area contributed by atoms with Gasteiger partial charge in [0.05, 0.1) is 16.9 Å². The summed E-state index contributed by atoms with van der Waals surface area (Å²) in [5.74, 6) is -0.843. The lowest BCUT2D eigenvalue weighted by Crippen LogP contribution is -2.46. The van der Waals surface area contributed by atoms with Crippen LogP contribution in [-0.4, -0.2) is 43.3 Å². The maximum absolute atomic E-state index is 13.8. The molecule has 4 nitrogen and oxygen atoms in total. The maximum Gasteiger partial charge on any atom is 0.164 e. The lowest BCUT2D eigenvalue weighted by Gasteiger charge is -2.36. The first-order valence-electron chi connectivity index (χ1n) is 6.74. The van der Waals surface area contributed by atoms with Gasteiger partial charge in [-0.2, -0.15) is 0 Å². The number of likely N-dealkylation sites (N-methyl/N-ethyl adjacent to an activating group) is 1.